The van der Waals surface area contributed by atoms with Crippen molar-refractivity contribution in [2.75, 3.05) is 6.54 Å². The smallest absolute Gasteiger partial charge is 0.150 e. The van der Waals surface area contributed by atoms with Gasteiger partial charge in [0.2, 0.25) is 0 Å². The molecule has 1 aliphatic heterocycles. The van der Waals surface area contributed by atoms with Crippen LogP contribution in [0, 0.1) is 11.8 Å². The molecule has 100 valence electrons. The molecule has 0 aromatic carbocycles. The molecule has 0 amide bonds. The summed E-state index contributed by atoms with van der Waals surface area (Å²) in [6, 6.07) is 0.378. The molecule has 18 heavy (non-hydrogen) atoms. The van der Waals surface area contributed by atoms with Gasteiger partial charge in [0.05, 0.1) is 6.04 Å². The van der Waals surface area contributed by atoms with Crippen molar-refractivity contribution < 1.29 is 0 Å². The third-order valence-corrected chi connectivity index (χ3v) is 4.45. The second kappa shape index (κ2) is 5.00. The van der Waals surface area contributed by atoms with E-state index < -0.39 is 0 Å². The molecule has 2 aliphatic rings. The fourth-order valence-corrected chi connectivity index (χ4v) is 3.40. The quantitative estimate of drug-likeness (QED) is 0.892. The van der Waals surface area contributed by atoms with Crippen molar-refractivity contribution in [1.82, 2.24) is 20.1 Å². The molecule has 0 saturated heterocycles. The van der Waals surface area contributed by atoms with Gasteiger partial charge < -0.3 is 9.88 Å². The first-order chi connectivity index (χ1) is 8.75. The molecule has 1 saturated carbocycles. The number of hydrogen-bond acceptors (Lipinski definition) is 3. The van der Waals surface area contributed by atoms with E-state index in [-0.39, 0.29) is 0 Å². The second-order valence-electron chi connectivity index (χ2n) is 6.16. The van der Waals surface area contributed by atoms with Crippen LogP contribution in [-0.4, -0.2) is 21.3 Å². The van der Waals surface area contributed by atoms with Crippen LogP contribution >= 0.6 is 0 Å². The Labute approximate surface area is 109 Å². The van der Waals surface area contributed by atoms with Crippen molar-refractivity contribution >= 4 is 0 Å². The fourth-order valence-electron chi connectivity index (χ4n) is 3.40. The molecule has 0 radical (unpaired) electrons. The summed E-state index contributed by atoms with van der Waals surface area (Å²) in [5.74, 6) is 3.81. The number of fused-ring (bicyclic) bond motifs is 1. The zero-order valence-corrected chi connectivity index (χ0v) is 11.5. The van der Waals surface area contributed by atoms with Gasteiger partial charge in [0.1, 0.15) is 5.82 Å². The Kier molecular flexibility index (Phi) is 3.37. The summed E-state index contributed by atoms with van der Waals surface area (Å²) >= 11 is 0. The molecule has 1 aromatic heterocycles. The Morgan fingerprint density at radius 1 is 1.28 bits per heavy atom. The van der Waals surface area contributed by atoms with E-state index in [0.29, 0.717) is 12.0 Å². The van der Waals surface area contributed by atoms with Gasteiger partial charge in [0, 0.05) is 19.5 Å². The zero-order chi connectivity index (χ0) is 12.5. The summed E-state index contributed by atoms with van der Waals surface area (Å²) in [6.07, 6.45) is 6.71. The van der Waals surface area contributed by atoms with Gasteiger partial charge in [0.15, 0.2) is 5.82 Å². The first-order valence-electron chi connectivity index (χ1n) is 7.41. The van der Waals surface area contributed by atoms with E-state index in [1.165, 1.54) is 31.5 Å². The Bertz CT molecular complexity index is 404. The Hall–Kier alpha value is -0.900. The molecular weight excluding hydrogens is 224 g/mol. The van der Waals surface area contributed by atoms with Gasteiger partial charge in [0.25, 0.3) is 0 Å². The summed E-state index contributed by atoms with van der Waals surface area (Å²) in [5.41, 5.74) is 0. The molecule has 1 aromatic rings. The van der Waals surface area contributed by atoms with Crippen LogP contribution < -0.4 is 5.32 Å². The first-order valence-corrected chi connectivity index (χ1v) is 7.41. The minimum Gasteiger partial charge on any atom is -0.312 e. The number of nitrogens with zero attached hydrogens (tertiary/aromatic N) is 3. The molecule has 0 spiro atoms. The second-order valence-corrected chi connectivity index (χ2v) is 6.16. The molecule has 1 N–H and O–H groups in total. The topological polar surface area (TPSA) is 42.7 Å². The van der Waals surface area contributed by atoms with E-state index in [9.17, 15) is 0 Å². The fraction of sp³-hybridized carbons (Fsp3) is 0.857. The van der Waals surface area contributed by atoms with Crippen molar-refractivity contribution in [1.29, 1.82) is 0 Å². The van der Waals surface area contributed by atoms with E-state index >= 15 is 0 Å². The van der Waals surface area contributed by atoms with Gasteiger partial charge >= 0.3 is 0 Å². The summed E-state index contributed by atoms with van der Waals surface area (Å²) in [6.45, 7) is 6.58. The molecule has 1 aliphatic carbocycles. The number of nitrogens with one attached hydrogen (secondary N) is 1. The highest BCUT2D eigenvalue weighted by molar-refractivity contribution is 5.06. The molecule has 4 nitrogen and oxygen atoms in total. The highest BCUT2D eigenvalue weighted by Gasteiger charge is 2.28. The predicted molar refractivity (Wildman–Crippen MR) is 71.3 cm³/mol. The van der Waals surface area contributed by atoms with Crippen molar-refractivity contribution in [3.8, 4) is 0 Å². The van der Waals surface area contributed by atoms with Crippen molar-refractivity contribution in [2.45, 2.75) is 58.5 Å². The average molecular weight is 248 g/mol. The molecule has 1 fully saturated rings. The normalized spacial score (nSPS) is 24.7. The van der Waals surface area contributed by atoms with Gasteiger partial charge in [-0.05, 0) is 11.8 Å². The molecule has 3 rings (SSSR count). The largest absolute Gasteiger partial charge is 0.312 e. The van der Waals surface area contributed by atoms with Crippen LogP contribution in [0.25, 0.3) is 0 Å². The number of aromatic nitrogens is 3. The van der Waals surface area contributed by atoms with Gasteiger partial charge in [-0.1, -0.05) is 39.5 Å². The molecular formula is C14H24N4. The molecule has 0 bridgehead atoms. The van der Waals surface area contributed by atoms with Crippen LogP contribution in [0.3, 0.4) is 0 Å². The lowest BCUT2D eigenvalue weighted by molar-refractivity contribution is 0.333. The lowest BCUT2D eigenvalue weighted by Crippen LogP contribution is -2.37. The van der Waals surface area contributed by atoms with Gasteiger partial charge in [-0.25, -0.2) is 0 Å². The summed E-state index contributed by atoms with van der Waals surface area (Å²) in [7, 11) is 0. The Balaban J connectivity index is 1.80. The van der Waals surface area contributed by atoms with Gasteiger partial charge in [-0.2, -0.15) is 0 Å². The van der Waals surface area contributed by atoms with Gasteiger partial charge in [-0.15, -0.1) is 10.2 Å². The van der Waals surface area contributed by atoms with Crippen molar-refractivity contribution in [3.63, 3.8) is 0 Å². The van der Waals surface area contributed by atoms with E-state index in [0.717, 1.165) is 31.3 Å². The lowest BCUT2D eigenvalue weighted by Gasteiger charge is -2.28. The maximum atomic E-state index is 4.47. The highest BCUT2D eigenvalue weighted by atomic mass is 15.3. The molecule has 2 heterocycles. The van der Waals surface area contributed by atoms with Crippen molar-refractivity contribution in [2.24, 2.45) is 11.8 Å². The van der Waals surface area contributed by atoms with Crippen LogP contribution in [0.2, 0.25) is 0 Å². The average Bonchev–Trinajstić information content (AvgIpc) is 2.99. The van der Waals surface area contributed by atoms with Crippen LogP contribution in [-0.2, 0) is 13.0 Å². The molecule has 1 atom stereocenters. The minimum atomic E-state index is 0.378. The SMILES string of the molecule is CC(C)C1NCCn2c(CC3CCCC3)nnc21. The van der Waals surface area contributed by atoms with Crippen molar-refractivity contribution in [3.05, 3.63) is 11.6 Å². The predicted octanol–water partition coefficient (Wildman–Crippen LogP) is 2.31. The highest BCUT2D eigenvalue weighted by Crippen LogP contribution is 2.29. The molecule has 1 unspecified atom stereocenters. The van der Waals surface area contributed by atoms with Crippen LogP contribution in [0.15, 0.2) is 0 Å². The summed E-state index contributed by atoms with van der Waals surface area (Å²) in [4.78, 5) is 0. The van der Waals surface area contributed by atoms with E-state index in [1.54, 1.807) is 0 Å². The summed E-state index contributed by atoms with van der Waals surface area (Å²) < 4.78 is 2.37. The Morgan fingerprint density at radius 2 is 2.06 bits per heavy atom. The maximum Gasteiger partial charge on any atom is 0.150 e. The van der Waals surface area contributed by atoms with Crippen LogP contribution in [0.4, 0.5) is 0 Å². The summed E-state index contributed by atoms with van der Waals surface area (Å²) in [5, 5.41) is 12.5. The molecule has 4 heteroatoms. The van der Waals surface area contributed by atoms with Gasteiger partial charge in [-0.3, -0.25) is 0 Å². The first kappa shape index (κ1) is 12.2. The Morgan fingerprint density at radius 3 is 2.78 bits per heavy atom. The van der Waals surface area contributed by atoms with E-state index in [1.807, 2.05) is 0 Å². The standard InChI is InChI=1S/C14H24N4/c1-10(2)13-14-17-16-12(18(14)8-7-15-13)9-11-5-3-4-6-11/h10-11,13,15H,3-9H2,1-2H3. The third-order valence-electron chi connectivity index (χ3n) is 4.45. The monoisotopic (exact) mass is 248 g/mol. The van der Waals surface area contributed by atoms with E-state index in [2.05, 4.69) is 33.9 Å². The maximum absolute atomic E-state index is 4.47. The minimum absolute atomic E-state index is 0.378. The van der Waals surface area contributed by atoms with Crippen LogP contribution in [0.1, 0.15) is 57.2 Å². The van der Waals surface area contributed by atoms with Crippen LogP contribution in [0.5, 0.6) is 0 Å². The number of rotatable bonds is 3. The lowest BCUT2D eigenvalue weighted by atomic mass is 10.0. The number of hydrogen-bond donors (Lipinski definition) is 1. The third kappa shape index (κ3) is 2.18. The zero-order valence-electron chi connectivity index (χ0n) is 11.5. The van der Waals surface area contributed by atoms with E-state index in [4.69, 9.17) is 0 Å².